The van der Waals surface area contributed by atoms with Gasteiger partial charge in [-0.15, -0.1) is 0 Å². The maximum absolute atomic E-state index is 13.3. The lowest BCUT2D eigenvalue weighted by atomic mass is 10.2. The summed E-state index contributed by atoms with van der Waals surface area (Å²) in [6, 6.07) is 11.2. The van der Waals surface area contributed by atoms with Gasteiger partial charge in [-0.05, 0) is 36.8 Å². The molecule has 0 saturated heterocycles. The molecule has 0 spiro atoms. The largest absolute Gasteiger partial charge is 0.495 e. The van der Waals surface area contributed by atoms with Gasteiger partial charge in [0.25, 0.3) is 0 Å². The first-order valence-electron chi connectivity index (χ1n) is 7.17. The van der Waals surface area contributed by atoms with Gasteiger partial charge in [-0.2, -0.15) is 0 Å². The topological polar surface area (TPSA) is 59.6 Å². The first-order chi connectivity index (χ1) is 11.1. The molecule has 0 unspecified atom stereocenters. The molecule has 0 aliphatic rings. The summed E-state index contributed by atoms with van der Waals surface area (Å²) in [5.41, 5.74) is 1.59. The number of methoxy groups -OCH3 is 1. The molecule has 0 radical (unpaired) electrons. The second-order valence-corrected chi connectivity index (χ2v) is 4.86. The zero-order chi connectivity index (χ0) is 16.7. The normalized spacial score (nSPS) is 10.0. The Labute approximate surface area is 134 Å². The maximum atomic E-state index is 13.3. The third kappa shape index (κ3) is 4.88. The summed E-state index contributed by atoms with van der Waals surface area (Å²) in [6.07, 6.45) is 0. The van der Waals surface area contributed by atoms with Crippen LogP contribution in [0.5, 0.6) is 11.5 Å². The monoisotopic (exact) mass is 318 g/mol. The third-order valence-corrected chi connectivity index (χ3v) is 3.09. The number of amides is 2. The Hall–Kier alpha value is -2.76. The second-order valence-electron chi connectivity index (χ2n) is 4.86. The molecule has 122 valence electrons. The van der Waals surface area contributed by atoms with E-state index in [1.54, 1.807) is 18.2 Å². The lowest BCUT2D eigenvalue weighted by molar-refractivity contribution is 0.246. The van der Waals surface area contributed by atoms with E-state index in [0.717, 1.165) is 5.56 Å². The van der Waals surface area contributed by atoms with E-state index in [0.29, 0.717) is 11.4 Å². The SMILES string of the molecule is COc1ccc(C)cc1NC(=O)NCCOc1ccccc1F. The Balaban J connectivity index is 1.80. The van der Waals surface area contributed by atoms with Crippen LogP contribution < -0.4 is 20.1 Å². The fraction of sp³-hybridized carbons (Fsp3) is 0.235. The van der Waals surface area contributed by atoms with Crippen LogP contribution in [0.1, 0.15) is 5.56 Å². The van der Waals surface area contributed by atoms with Crippen LogP contribution in [0.15, 0.2) is 42.5 Å². The standard InChI is InChI=1S/C17H19FN2O3/c1-12-7-8-16(22-2)14(11-12)20-17(21)19-9-10-23-15-6-4-3-5-13(15)18/h3-8,11H,9-10H2,1-2H3,(H2,19,20,21). The van der Waals surface area contributed by atoms with Gasteiger partial charge in [-0.3, -0.25) is 0 Å². The summed E-state index contributed by atoms with van der Waals surface area (Å²) in [7, 11) is 1.54. The zero-order valence-corrected chi connectivity index (χ0v) is 13.1. The van der Waals surface area contributed by atoms with Crippen molar-refractivity contribution in [3.05, 3.63) is 53.8 Å². The summed E-state index contributed by atoms with van der Waals surface area (Å²) >= 11 is 0. The Kier molecular flexibility index (Phi) is 5.80. The average Bonchev–Trinajstić information content (AvgIpc) is 2.53. The Bertz CT molecular complexity index is 677. The van der Waals surface area contributed by atoms with Crippen molar-refractivity contribution in [2.45, 2.75) is 6.92 Å². The number of aryl methyl sites for hydroxylation is 1. The average molecular weight is 318 g/mol. The first-order valence-corrected chi connectivity index (χ1v) is 7.17. The fourth-order valence-corrected chi connectivity index (χ4v) is 1.97. The second kappa shape index (κ2) is 8.03. The maximum Gasteiger partial charge on any atom is 0.319 e. The Morgan fingerprint density at radius 1 is 1.17 bits per heavy atom. The molecule has 0 bridgehead atoms. The number of hydrogen-bond donors (Lipinski definition) is 2. The molecule has 2 rings (SSSR count). The predicted octanol–water partition coefficient (Wildman–Crippen LogP) is 3.34. The van der Waals surface area contributed by atoms with Crippen LogP contribution in [-0.2, 0) is 0 Å². The number of benzene rings is 2. The van der Waals surface area contributed by atoms with Gasteiger partial charge in [0.05, 0.1) is 19.3 Å². The smallest absolute Gasteiger partial charge is 0.319 e. The molecule has 2 N–H and O–H groups in total. The van der Waals surface area contributed by atoms with E-state index in [1.807, 2.05) is 19.1 Å². The van der Waals surface area contributed by atoms with E-state index in [2.05, 4.69) is 10.6 Å². The van der Waals surface area contributed by atoms with Crippen molar-refractivity contribution in [1.29, 1.82) is 0 Å². The molecule has 0 saturated carbocycles. The number of rotatable bonds is 6. The number of carbonyl (C=O) groups excluding carboxylic acids is 1. The number of nitrogens with one attached hydrogen (secondary N) is 2. The number of hydrogen-bond acceptors (Lipinski definition) is 3. The van der Waals surface area contributed by atoms with Crippen molar-refractivity contribution in [3.63, 3.8) is 0 Å². The minimum absolute atomic E-state index is 0.162. The summed E-state index contributed by atoms with van der Waals surface area (Å²) < 4.78 is 23.8. The molecule has 23 heavy (non-hydrogen) atoms. The molecule has 0 aliphatic heterocycles. The van der Waals surface area contributed by atoms with Crippen molar-refractivity contribution >= 4 is 11.7 Å². The highest BCUT2D eigenvalue weighted by Gasteiger charge is 2.07. The fourth-order valence-electron chi connectivity index (χ4n) is 1.97. The summed E-state index contributed by atoms with van der Waals surface area (Å²) in [5, 5.41) is 5.35. The minimum atomic E-state index is -0.429. The van der Waals surface area contributed by atoms with E-state index in [9.17, 15) is 9.18 Å². The number of ether oxygens (including phenoxy) is 2. The van der Waals surface area contributed by atoms with Crippen molar-refractivity contribution < 1.29 is 18.7 Å². The summed E-state index contributed by atoms with van der Waals surface area (Å²) in [5.74, 6) is 0.310. The van der Waals surface area contributed by atoms with Crippen LogP contribution in [0.3, 0.4) is 0 Å². The Morgan fingerprint density at radius 2 is 1.96 bits per heavy atom. The van der Waals surface area contributed by atoms with Crippen LogP contribution in [0.4, 0.5) is 14.9 Å². The molecule has 0 heterocycles. The number of halogens is 1. The molecular formula is C17H19FN2O3. The lowest BCUT2D eigenvalue weighted by Gasteiger charge is -2.12. The summed E-state index contributed by atoms with van der Waals surface area (Å²) in [6.45, 7) is 2.33. The highest BCUT2D eigenvalue weighted by Crippen LogP contribution is 2.24. The van der Waals surface area contributed by atoms with E-state index in [1.165, 1.54) is 19.2 Å². The van der Waals surface area contributed by atoms with Gasteiger partial charge in [0.15, 0.2) is 11.6 Å². The number of urea groups is 1. The highest BCUT2D eigenvalue weighted by atomic mass is 19.1. The van der Waals surface area contributed by atoms with Crippen molar-refractivity contribution in [2.75, 3.05) is 25.6 Å². The van der Waals surface area contributed by atoms with Gasteiger partial charge in [0.2, 0.25) is 0 Å². The van der Waals surface area contributed by atoms with Crippen molar-refractivity contribution in [2.24, 2.45) is 0 Å². The van der Waals surface area contributed by atoms with Gasteiger partial charge in [0, 0.05) is 0 Å². The van der Waals surface area contributed by atoms with E-state index in [4.69, 9.17) is 9.47 Å². The van der Waals surface area contributed by atoms with Crippen LogP contribution in [0, 0.1) is 12.7 Å². The first kappa shape index (κ1) is 16.6. The molecular weight excluding hydrogens is 299 g/mol. The molecule has 0 aromatic heterocycles. The number of anilines is 1. The van der Waals surface area contributed by atoms with Crippen molar-refractivity contribution in [3.8, 4) is 11.5 Å². The lowest BCUT2D eigenvalue weighted by Crippen LogP contribution is -2.32. The minimum Gasteiger partial charge on any atom is -0.495 e. The van der Waals surface area contributed by atoms with Gasteiger partial charge in [-0.25, -0.2) is 9.18 Å². The van der Waals surface area contributed by atoms with Crippen molar-refractivity contribution in [1.82, 2.24) is 5.32 Å². The molecule has 5 nitrogen and oxygen atoms in total. The van der Waals surface area contributed by atoms with Gasteiger partial charge in [0.1, 0.15) is 12.4 Å². The molecule has 0 atom stereocenters. The van der Waals surface area contributed by atoms with Gasteiger partial charge >= 0.3 is 6.03 Å². The summed E-state index contributed by atoms with van der Waals surface area (Å²) in [4.78, 5) is 11.9. The third-order valence-electron chi connectivity index (χ3n) is 3.09. The van der Waals surface area contributed by atoms with E-state index < -0.39 is 5.82 Å². The molecule has 2 amide bonds. The molecule has 2 aromatic carbocycles. The van der Waals surface area contributed by atoms with Crippen LogP contribution in [-0.4, -0.2) is 26.3 Å². The van der Waals surface area contributed by atoms with Crippen LogP contribution >= 0.6 is 0 Å². The molecule has 0 fully saturated rings. The quantitative estimate of drug-likeness (QED) is 0.803. The van der Waals surface area contributed by atoms with E-state index in [-0.39, 0.29) is 24.9 Å². The molecule has 0 aliphatic carbocycles. The number of para-hydroxylation sites is 1. The highest BCUT2D eigenvalue weighted by molar-refractivity contribution is 5.91. The molecule has 6 heteroatoms. The molecule has 2 aromatic rings. The number of carbonyl (C=O) groups is 1. The van der Waals surface area contributed by atoms with Crippen LogP contribution in [0.2, 0.25) is 0 Å². The van der Waals surface area contributed by atoms with Gasteiger partial charge in [-0.1, -0.05) is 18.2 Å². The zero-order valence-electron chi connectivity index (χ0n) is 13.1. The van der Waals surface area contributed by atoms with Crippen LogP contribution in [0.25, 0.3) is 0 Å². The Morgan fingerprint density at radius 3 is 2.70 bits per heavy atom. The van der Waals surface area contributed by atoms with Gasteiger partial charge < -0.3 is 20.1 Å². The van der Waals surface area contributed by atoms with E-state index >= 15 is 0 Å². The predicted molar refractivity (Wildman–Crippen MR) is 86.6 cm³/mol.